The van der Waals surface area contributed by atoms with Crippen LogP contribution in [0.4, 0.5) is 0 Å². The molecule has 124 valence electrons. The van der Waals surface area contributed by atoms with Gasteiger partial charge in [-0.2, -0.15) is 0 Å². The summed E-state index contributed by atoms with van der Waals surface area (Å²) in [6, 6.07) is 7.07. The van der Waals surface area contributed by atoms with Crippen LogP contribution in [0.3, 0.4) is 0 Å². The van der Waals surface area contributed by atoms with Gasteiger partial charge >= 0.3 is 0 Å². The molecule has 0 bridgehead atoms. The van der Waals surface area contributed by atoms with Crippen molar-refractivity contribution >= 4 is 44.1 Å². The third-order valence-electron chi connectivity index (χ3n) is 3.62. The third-order valence-corrected chi connectivity index (χ3v) is 5.60. The third kappa shape index (κ3) is 5.53. The maximum Gasteiger partial charge on any atom is 0.237 e. The molecule has 1 atom stereocenters. The SMILES string of the molecule is Cl.NCC1CCN(C(=O)CS(=O)(=O)Cc2ccc(Br)cc2)C1. The molecule has 1 fully saturated rings. The summed E-state index contributed by atoms with van der Waals surface area (Å²) < 4.78 is 25.1. The van der Waals surface area contributed by atoms with Crippen molar-refractivity contribution in [3.8, 4) is 0 Å². The van der Waals surface area contributed by atoms with Crippen molar-refractivity contribution in [2.24, 2.45) is 11.7 Å². The lowest BCUT2D eigenvalue weighted by molar-refractivity contribution is -0.127. The van der Waals surface area contributed by atoms with E-state index in [1.165, 1.54) is 0 Å². The quantitative estimate of drug-likeness (QED) is 0.798. The van der Waals surface area contributed by atoms with Gasteiger partial charge in [-0.3, -0.25) is 4.79 Å². The highest BCUT2D eigenvalue weighted by Crippen LogP contribution is 2.17. The van der Waals surface area contributed by atoms with Crippen LogP contribution in [0.15, 0.2) is 28.7 Å². The zero-order valence-corrected chi connectivity index (χ0v) is 15.3. The lowest BCUT2D eigenvalue weighted by Gasteiger charge is -2.16. The number of nitrogens with two attached hydrogens (primary N) is 1. The minimum atomic E-state index is -3.45. The minimum absolute atomic E-state index is 0. The summed E-state index contributed by atoms with van der Waals surface area (Å²) in [6.07, 6.45) is 0.856. The van der Waals surface area contributed by atoms with Crippen LogP contribution in [0.2, 0.25) is 0 Å². The molecule has 1 unspecified atom stereocenters. The Balaban J connectivity index is 0.00000242. The molecule has 2 rings (SSSR count). The number of rotatable bonds is 5. The fraction of sp³-hybridized carbons (Fsp3) is 0.500. The van der Waals surface area contributed by atoms with Crippen molar-refractivity contribution in [1.82, 2.24) is 4.90 Å². The van der Waals surface area contributed by atoms with Crippen LogP contribution < -0.4 is 5.73 Å². The van der Waals surface area contributed by atoms with E-state index in [4.69, 9.17) is 5.73 Å². The number of sulfone groups is 1. The van der Waals surface area contributed by atoms with Crippen molar-refractivity contribution in [2.75, 3.05) is 25.4 Å². The Kier molecular flexibility index (Phi) is 7.31. The summed E-state index contributed by atoms with van der Waals surface area (Å²) in [5, 5.41) is 0. The Morgan fingerprint density at radius 2 is 1.95 bits per heavy atom. The molecule has 2 N–H and O–H groups in total. The van der Waals surface area contributed by atoms with Crippen molar-refractivity contribution in [1.29, 1.82) is 0 Å². The molecule has 1 heterocycles. The summed E-state index contributed by atoms with van der Waals surface area (Å²) >= 11 is 3.30. The van der Waals surface area contributed by atoms with E-state index in [1.54, 1.807) is 29.2 Å². The van der Waals surface area contributed by atoms with Gasteiger partial charge in [0.15, 0.2) is 9.84 Å². The molecule has 1 aromatic carbocycles. The molecule has 1 aliphatic heterocycles. The molecule has 0 saturated carbocycles. The number of nitrogens with zero attached hydrogens (tertiary/aromatic N) is 1. The number of amides is 1. The maximum absolute atomic E-state index is 12.1. The number of hydrogen-bond donors (Lipinski definition) is 1. The van der Waals surface area contributed by atoms with Crippen molar-refractivity contribution in [3.05, 3.63) is 34.3 Å². The molecular weight excluding hydrogens is 392 g/mol. The summed E-state index contributed by atoms with van der Waals surface area (Å²) in [4.78, 5) is 13.7. The van der Waals surface area contributed by atoms with Gasteiger partial charge in [-0.1, -0.05) is 28.1 Å². The smallest absolute Gasteiger partial charge is 0.237 e. The summed E-state index contributed by atoms with van der Waals surface area (Å²) in [7, 11) is -3.45. The number of halogens is 2. The van der Waals surface area contributed by atoms with Gasteiger partial charge in [0, 0.05) is 17.6 Å². The molecule has 5 nitrogen and oxygen atoms in total. The van der Waals surface area contributed by atoms with Gasteiger partial charge in [0.2, 0.25) is 5.91 Å². The molecule has 1 saturated heterocycles. The normalized spacial score (nSPS) is 18.1. The lowest BCUT2D eigenvalue weighted by Crippen LogP contribution is -2.35. The monoisotopic (exact) mass is 410 g/mol. The number of hydrogen-bond acceptors (Lipinski definition) is 4. The van der Waals surface area contributed by atoms with Crippen LogP contribution in [-0.4, -0.2) is 44.6 Å². The first kappa shape index (κ1) is 19.4. The first-order chi connectivity index (χ1) is 9.89. The zero-order chi connectivity index (χ0) is 15.5. The van der Waals surface area contributed by atoms with E-state index >= 15 is 0 Å². The fourth-order valence-electron chi connectivity index (χ4n) is 2.42. The summed E-state index contributed by atoms with van der Waals surface area (Å²) in [6.45, 7) is 1.72. The molecule has 1 aliphatic rings. The number of benzene rings is 1. The second kappa shape index (κ2) is 8.29. The maximum atomic E-state index is 12.1. The molecule has 1 aromatic rings. The highest BCUT2D eigenvalue weighted by molar-refractivity contribution is 9.10. The van der Waals surface area contributed by atoms with Gasteiger partial charge in [0.05, 0.1) is 5.75 Å². The van der Waals surface area contributed by atoms with E-state index in [9.17, 15) is 13.2 Å². The van der Waals surface area contributed by atoms with Crippen LogP contribution >= 0.6 is 28.3 Å². The molecule has 1 amide bonds. The van der Waals surface area contributed by atoms with Crippen LogP contribution in [-0.2, 0) is 20.4 Å². The molecule has 22 heavy (non-hydrogen) atoms. The number of carbonyl (C=O) groups excluding carboxylic acids is 1. The molecular formula is C14H20BrClN2O3S. The molecule has 0 radical (unpaired) electrons. The molecule has 0 aliphatic carbocycles. The molecule has 0 aromatic heterocycles. The van der Waals surface area contributed by atoms with Gasteiger partial charge in [-0.15, -0.1) is 12.4 Å². The summed E-state index contributed by atoms with van der Waals surface area (Å²) in [5.74, 6) is -0.563. The second-order valence-electron chi connectivity index (χ2n) is 5.39. The highest BCUT2D eigenvalue weighted by Gasteiger charge is 2.28. The van der Waals surface area contributed by atoms with E-state index in [1.807, 2.05) is 0 Å². The first-order valence-electron chi connectivity index (χ1n) is 6.82. The minimum Gasteiger partial charge on any atom is -0.341 e. The van der Waals surface area contributed by atoms with Crippen molar-refractivity contribution < 1.29 is 13.2 Å². The first-order valence-corrected chi connectivity index (χ1v) is 9.44. The van der Waals surface area contributed by atoms with E-state index in [2.05, 4.69) is 15.9 Å². The molecule has 0 spiro atoms. The van der Waals surface area contributed by atoms with Crippen LogP contribution in [0, 0.1) is 5.92 Å². The average molecular weight is 412 g/mol. The lowest BCUT2D eigenvalue weighted by atomic mass is 10.1. The Labute approximate surface area is 145 Å². The standard InChI is InChI=1S/C14H19BrN2O3S.ClH/c15-13-3-1-11(2-4-13)9-21(19,20)10-14(18)17-6-5-12(7-16)8-17;/h1-4,12H,5-10,16H2;1H. The van der Waals surface area contributed by atoms with Crippen molar-refractivity contribution in [3.63, 3.8) is 0 Å². The van der Waals surface area contributed by atoms with Gasteiger partial charge in [-0.25, -0.2) is 8.42 Å². The topological polar surface area (TPSA) is 80.5 Å². The van der Waals surface area contributed by atoms with Gasteiger partial charge in [-0.05, 0) is 36.6 Å². The van der Waals surface area contributed by atoms with Crippen molar-refractivity contribution in [2.45, 2.75) is 12.2 Å². The predicted octanol–water partition coefficient (Wildman–Crippen LogP) is 1.59. The predicted molar refractivity (Wildman–Crippen MR) is 92.6 cm³/mol. The van der Waals surface area contributed by atoms with E-state index < -0.39 is 15.6 Å². The highest BCUT2D eigenvalue weighted by atomic mass is 79.9. The largest absolute Gasteiger partial charge is 0.341 e. The second-order valence-corrected chi connectivity index (χ2v) is 8.37. The number of likely N-dealkylation sites (tertiary alicyclic amines) is 1. The van der Waals surface area contributed by atoms with E-state index in [0.717, 1.165) is 10.9 Å². The Morgan fingerprint density at radius 1 is 1.32 bits per heavy atom. The van der Waals surface area contributed by atoms with E-state index in [-0.39, 0.29) is 24.1 Å². The van der Waals surface area contributed by atoms with Crippen LogP contribution in [0.25, 0.3) is 0 Å². The Morgan fingerprint density at radius 3 is 2.50 bits per heavy atom. The van der Waals surface area contributed by atoms with Crippen LogP contribution in [0.5, 0.6) is 0 Å². The van der Waals surface area contributed by atoms with Crippen LogP contribution in [0.1, 0.15) is 12.0 Å². The fourth-order valence-corrected chi connectivity index (χ4v) is 4.04. The van der Waals surface area contributed by atoms with Gasteiger partial charge < -0.3 is 10.6 Å². The van der Waals surface area contributed by atoms with Gasteiger partial charge in [0.1, 0.15) is 5.75 Å². The zero-order valence-electron chi connectivity index (χ0n) is 12.1. The Bertz CT molecular complexity index is 607. The molecule has 8 heteroatoms. The Hall–Kier alpha value is -0.630. The summed E-state index contributed by atoms with van der Waals surface area (Å²) in [5.41, 5.74) is 6.27. The van der Waals surface area contributed by atoms with E-state index in [0.29, 0.717) is 31.1 Å². The van der Waals surface area contributed by atoms with Gasteiger partial charge in [0.25, 0.3) is 0 Å². The average Bonchev–Trinajstić information content (AvgIpc) is 2.89. The number of carbonyl (C=O) groups is 1.